The van der Waals surface area contributed by atoms with Gasteiger partial charge in [-0.3, -0.25) is 19.0 Å². The molecule has 3 heterocycles. The molecule has 2 amide bonds. The molecular formula is C26H34N4O6. The number of carbonyl (C=O) groups is 2. The van der Waals surface area contributed by atoms with Crippen LogP contribution in [0, 0.1) is 11.8 Å². The highest BCUT2D eigenvalue weighted by Crippen LogP contribution is 2.31. The number of aromatic nitrogens is 2. The first-order valence-corrected chi connectivity index (χ1v) is 12.9. The van der Waals surface area contributed by atoms with E-state index in [0.717, 1.165) is 38.5 Å². The lowest BCUT2D eigenvalue weighted by Gasteiger charge is -2.38. The zero-order valence-corrected chi connectivity index (χ0v) is 20.7. The molecule has 1 aromatic heterocycles. The molecule has 5 rings (SSSR count). The van der Waals surface area contributed by atoms with E-state index in [4.69, 9.17) is 9.47 Å². The van der Waals surface area contributed by atoms with Gasteiger partial charge in [0.15, 0.2) is 0 Å². The minimum atomic E-state index is -0.411. The fourth-order valence-corrected chi connectivity index (χ4v) is 5.75. The Balaban J connectivity index is 1.15. The van der Waals surface area contributed by atoms with Crippen molar-refractivity contribution >= 4 is 22.7 Å². The van der Waals surface area contributed by atoms with Crippen molar-refractivity contribution in [2.24, 2.45) is 11.8 Å². The number of amides is 2. The SMILES string of the molecule is COc1ccc2[nH]c(=O)n(CC3CCC(C(=O)N4CCN(C(=O)[C@H]5CCCO5)CC4)CC3)c(=O)c2c1. The average molecular weight is 499 g/mol. The molecule has 2 aliphatic heterocycles. The molecule has 0 spiro atoms. The van der Waals surface area contributed by atoms with Crippen LogP contribution >= 0.6 is 0 Å². The normalized spacial score (nSPS) is 24.8. The van der Waals surface area contributed by atoms with Crippen LogP contribution in [0.4, 0.5) is 0 Å². The van der Waals surface area contributed by atoms with Crippen LogP contribution in [0.1, 0.15) is 38.5 Å². The molecule has 0 unspecified atom stereocenters. The molecule has 10 heteroatoms. The Bertz CT molecular complexity index is 1230. The third-order valence-corrected chi connectivity index (χ3v) is 7.93. The van der Waals surface area contributed by atoms with Gasteiger partial charge in [-0.1, -0.05) is 0 Å². The van der Waals surface area contributed by atoms with Crippen LogP contribution in [0.15, 0.2) is 27.8 Å². The number of piperazine rings is 1. The van der Waals surface area contributed by atoms with Gasteiger partial charge in [0.25, 0.3) is 11.5 Å². The number of hydrogen-bond donors (Lipinski definition) is 1. The number of aromatic amines is 1. The molecule has 1 saturated carbocycles. The van der Waals surface area contributed by atoms with Gasteiger partial charge in [-0.2, -0.15) is 0 Å². The number of benzene rings is 1. The molecule has 3 fully saturated rings. The van der Waals surface area contributed by atoms with E-state index in [-0.39, 0.29) is 35.3 Å². The largest absolute Gasteiger partial charge is 0.497 e. The van der Waals surface area contributed by atoms with Crippen molar-refractivity contribution in [3.8, 4) is 5.75 Å². The van der Waals surface area contributed by atoms with Gasteiger partial charge in [-0.25, -0.2) is 4.79 Å². The van der Waals surface area contributed by atoms with Crippen LogP contribution in [-0.4, -0.2) is 77.2 Å². The summed E-state index contributed by atoms with van der Waals surface area (Å²) in [5.74, 6) is 0.895. The molecule has 194 valence electrons. The quantitative estimate of drug-likeness (QED) is 0.666. The van der Waals surface area contributed by atoms with Crippen molar-refractivity contribution < 1.29 is 19.1 Å². The van der Waals surface area contributed by atoms with Crippen molar-refractivity contribution in [1.82, 2.24) is 19.4 Å². The second kappa shape index (κ2) is 10.5. The molecule has 0 bridgehead atoms. The Morgan fingerprint density at radius 2 is 1.69 bits per heavy atom. The Labute approximate surface area is 209 Å². The van der Waals surface area contributed by atoms with Crippen LogP contribution in [-0.2, 0) is 20.9 Å². The molecule has 1 aliphatic carbocycles. The Kier molecular flexibility index (Phi) is 7.13. The highest BCUT2D eigenvalue weighted by molar-refractivity contribution is 5.82. The van der Waals surface area contributed by atoms with Crippen LogP contribution in [0.5, 0.6) is 5.75 Å². The molecule has 2 aromatic rings. The van der Waals surface area contributed by atoms with Crippen molar-refractivity contribution in [3.05, 3.63) is 39.0 Å². The van der Waals surface area contributed by atoms with Gasteiger partial charge in [-0.05, 0) is 62.6 Å². The van der Waals surface area contributed by atoms with Crippen molar-refractivity contribution in [3.63, 3.8) is 0 Å². The predicted octanol–water partition coefficient (Wildman–Crippen LogP) is 1.35. The second-order valence-corrected chi connectivity index (χ2v) is 10.1. The summed E-state index contributed by atoms with van der Waals surface area (Å²) in [7, 11) is 1.54. The lowest BCUT2D eigenvalue weighted by atomic mass is 9.81. The number of carbonyl (C=O) groups excluding carboxylic acids is 2. The molecule has 36 heavy (non-hydrogen) atoms. The van der Waals surface area contributed by atoms with Crippen molar-refractivity contribution in [2.45, 2.75) is 51.2 Å². The van der Waals surface area contributed by atoms with Gasteiger partial charge in [-0.15, -0.1) is 0 Å². The van der Waals surface area contributed by atoms with Crippen LogP contribution in [0.3, 0.4) is 0 Å². The second-order valence-electron chi connectivity index (χ2n) is 10.1. The van der Waals surface area contributed by atoms with Crippen LogP contribution in [0.2, 0.25) is 0 Å². The zero-order chi connectivity index (χ0) is 25.2. The van der Waals surface area contributed by atoms with Gasteiger partial charge in [0.05, 0.1) is 18.0 Å². The molecule has 2 saturated heterocycles. The highest BCUT2D eigenvalue weighted by atomic mass is 16.5. The maximum absolute atomic E-state index is 13.1. The topological polar surface area (TPSA) is 114 Å². The number of rotatable bonds is 5. The van der Waals surface area contributed by atoms with Gasteiger partial charge in [0, 0.05) is 45.2 Å². The molecule has 3 aliphatic rings. The number of ether oxygens (including phenoxy) is 2. The number of fused-ring (bicyclic) bond motifs is 1. The highest BCUT2D eigenvalue weighted by Gasteiger charge is 2.34. The standard InChI is InChI=1S/C26H34N4O6/c1-35-19-8-9-21-20(15-19)24(32)30(26(34)27-21)16-17-4-6-18(7-5-17)23(31)28-10-12-29(13-11-28)25(33)22-3-2-14-36-22/h8-9,15,17-18,22H,2-7,10-14,16H2,1H3,(H,27,34)/t17?,18?,22-/m1/s1. The third kappa shape index (κ3) is 4.91. The van der Waals surface area contributed by atoms with Crippen LogP contribution < -0.4 is 16.0 Å². The van der Waals surface area contributed by atoms with E-state index in [1.54, 1.807) is 18.2 Å². The number of methoxy groups -OCH3 is 1. The van der Waals surface area contributed by atoms with Crippen LogP contribution in [0.25, 0.3) is 10.9 Å². The molecule has 0 radical (unpaired) electrons. The molecule has 10 nitrogen and oxygen atoms in total. The summed E-state index contributed by atoms with van der Waals surface area (Å²) in [5.41, 5.74) is -0.235. The summed E-state index contributed by atoms with van der Waals surface area (Å²) in [6.45, 7) is 3.21. The summed E-state index contributed by atoms with van der Waals surface area (Å²) >= 11 is 0. The van der Waals surface area contributed by atoms with Crippen molar-refractivity contribution in [2.75, 3.05) is 39.9 Å². The Morgan fingerprint density at radius 3 is 2.33 bits per heavy atom. The summed E-state index contributed by atoms with van der Waals surface area (Å²) < 4.78 is 12.0. The van der Waals surface area contributed by atoms with Gasteiger partial charge in [0.2, 0.25) is 5.91 Å². The lowest BCUT2D eigenvalue weighted by Crippen LogP contribution is -2.54. The maximum atomic E-state index is 13.1. The lowest BCUT2D eigenvalue weighted by molar-refractivity contribution is -0.147. The number of hydrogen-bond acceptors (Lipinski definition) is 6. The van der Waals surface area contributed by atoms with E-state index in [1.165, 1.54) is 11.7 Å². The van der Waals surface area contributed by atoms with E-state index in [0.29, 0.717) is 56.0 Å². The first-order valence-electron chi connectivity index (χ1n) is 12.9. The van der Waals surface area contributed by atoms with E-state index in [9.17, 15) is 19.2 Å². The van der Waals surface area contributed by atoms with E-state index >= 15 is 0 Å². The Hall–Kier alpha value is -3.14. The zero-order valence-electron chi connectivity index (χ0n) is 20.7. The molecule has 1 N–H and O–H groups in total. The van der Waals surface area contributed by atoms with E-state index < -0.39 is 5.69 Å². The monoisotopic (exact) mass is 498 g/mol. The van der Waals surface area contributed by atoms with Gasteiger partial charge in [0.1, 0.15) is 11.9 Å². The fraction of sp³-hybridized carbons (Fsp3) is 0.615. The predicted molar refractivity (Wildman–Crippen MR) is 133 cm³/mol. The van der Waals surface area contributed by atoms with Crippen molar-refractivity contribution in [1.29, 1.82) is 0 Å². The third-order valence-electron chi connectivity index (χ3n) is 7.93. The van der Waals surface area contributed by atoms with Gasteiger partial charge < -0.3 is 24.3 Å². The first kappa shape index (κ1) is 24.5. The summed E-state index contributed by atoms with van der Waals surface area (Å²) in [5, 5.41) is 0.426. The average Bonchev–Trinajstić information content (AvgIpc) is 3.46. The smallest absolute Gasteiger partial charge is 0.328 e. The number of nitrogens with zero attached hydrogens (tertiary/aromatic N) is 3. The Morgan fingerprint density at radius 1 is 1.00 bits per heavy atom. The fourth-order valence-electron chi connectivity index (χ4n) is 5.75. The summed E-state index contributed by atoms with van der Waals surface area (Å²) in [6.07, 6.45) is 4.46. The first-order chi connectivity index (χ1) is 17.4. The minimum absolute atomic E-state index is 0.0439. The summed E-state index contributed by atoms with van der Waals surface area (Å²) in [6, 6.07) is 5.03. The molecular weight excluding hydrogens is 464 g/mol. The van der Waals surface area contributed by atoms with E-state index in [2.05, 4.69) is 4.98 Å². The number of nitrogens with one attached hydrogen (secondary N) is 1. The molecule has 1 atom stereocenters. The number of H-pyrrole nitrogens is 1. The van der Waals surface area contributed by atoms with Gasteiger partial charge >= 0.3 is 5.69 Å². The maximum Gasteiger partial charge on any atom is 0.328 e. The minimum Gasteiger partial charge on any atom is -0.497 e. The molecule has 1 aromatic carbocycles. The summed E-state index contributed by atoms with van der Waals surface area (Å²) in [4.78, 5) is 57.8. The van der Waals surface area contributed by atoms with E-state index in [1.807, 2.05) is 9.80 Å².